The summed E-state index contributed by atoms with van der Waals surface area (Å²) in [5.41, 5.74) is 2.15. The second kappa shape index (κ2) is 6.42. The van der Waals surface area contributed by atoms with Crippen LogP contribution >= 0.6 is 11.6 Å². The van der Waals surface area contributed by atoms with E-state index in [1.165, 1.54) is 4.80 Å². The van der Waals surface area contributed by atoms with Crippen molar-refractivity contribution in [1.82, 2.24) is 20.0 Å². The lowest BCUT2D eigenvalue weighted by Crippen LogP contribution is -2.43. The number of aromatic nitrogens is 4. The summed E-state index contributed by atoms with van der Waals surface area (Å²) in [7, 11) is 0. The van der Waals surface area contributed by atoms with Crippen molar-refractivity contribution in [2.75, 3.05) is 11.4 Å². The zero-order chi connectivity index (χ0) is 18.3. The fourth-order valence-corrected chi connectivity index (χ4v) is 3.06. The van der Waals surface area contributed by atoms with Crippen LogP contribution in [0.25, 0.3) is 5.69 Å². The van der Waals surface area contributed by atoms with Gasteiger partial charge in [0, 0.05) is 11.2 Å². The van der Waals surface area contributed by atoms with Gasteiger partial charge in [0.1, 0.15) is 11.8 Å². The molecule has 2 aromatic heterocycles. The van der Waals surface area contributed by atoms with Gasteiger partial charge in [0.2, 0.25) is 5.88 Å². The van der Waals surface area contributed by atoms with Gasteiger partial charge in [0.25, 0.3) is 5.91 Å². The number of aryl methyl sites for hydroxylation is 1. The average Bonchev–Trinajstić information content (AvgIpc) is 3.02. The highest BCUT2D eigenvalue weighted by atomic mass is 35.5. The van der Waals surface area contributed by atoms with E-state index < -0.39 is 0 Å². The molecule has 1 atom stereocenters. The third kappa shape index (κ3) is 2.90. The number of ether oxygens (including phenoxy) is 1. The number of nitrogens with zero attached hydrogens (tertiary/aromatic N) is 5. The number of fused-ring (bicyclic) bond motifs is 1. The summed E-state index contributed by atoms with van der Waals surface area (Å²) in [5, 5.41) is 9.33. The maximum atomic E-state index is 13.1. The number of carbonyl (C=O) groups excluding carboxylic acids is 1. The SMILES string of the molecule is Cc1nn(-c2cccc(Cl)c2)nc1C(=O)N1CC(C)Oc2ncccc21. The van der Waals surface area contributed by atoms with Gasteiger partial charge in [0.15, 0.2) is 5.69 Å². The Morgan fingerprint density at radius 1 is 1.27 bits per heavy atom. The average molecular weight is 370 g/mol. The Hall–Kier alpha value is -2.93. The number of amides is 1. The topological polar surface area (TPSA) is 73.1 Å². The second-order valence-electron chi connectivity index (χ2n) is 6.08. The third-order valence-electron chi connectivity index (χ3n) is 4.06. The molecule has 0 saturated carbocycles. The third-order valence-corrected chi connectivity index (χ3v) is 4.30. The Morgan fingerprint density at radius 3 is 2.92 bits per heavy atom. The summed E-state index contributed by atoms with van der Waals surface area (Å²) in [4.78, 5) is 20.4. The van der Waals surface area contributed by atoms with Crippen molar-refractivity contribution in [3.8, 4) is 11.6 Å². The molecule has 1 unspecified atom stereocenters. The highest BCUT2D eigenvalue weighted by Crippen LogP contribution is 2.32. The van der Waals surface area contributed by atoms with E-state index >= 15 is 0 Å². The van der Waals surface area contributed by atoms with Crippen molar-refractivity contribution in [3.05, 3.63) is 59.0 Å². The van der Waals surface area contributed by atoms with Crippen LogP contribution in [0.5, 0.6) is 5.88 Å². The summed E-state index contributed by atoms with van der Waals surface area (Å²) < 4.78 is 5.71. The minimum atomic E-state index is -0.236. The maximum Gasteiger partial charge on any atom is 0.281 e. The van der Waals surface area contributed by atoms with Gasteiger partial charge in [0.05, 0.1) is 17.9 Å². The lowest BCUT2D eigenvalue weighted by atomic mass is 10.2. The van der Waals surface area contributed by atoms with E-state index in [4.69, 9.17) is 16.3 Å². The molecule has 132 valence electrons. The molecule has 8 heteroatoms. The van der Waals surface area contributed by atoms with Crippen molar-refractivity contribution in [3.63, 3.8) is 0 Å². The molecule has 0 N–H and O–H groups in total. The van der Waals surface area contributed by atoms with Crippen LogP contribution < -0.4 is 9.64 Å². The first-order chi connectivity index (χ1) is 12.5. The minimum absolute atomic E-state index is 0.162. The van der Waals surface area contributed by atoms with E-state index in [0.29, 0.717) is 34.5 Å². The Bertz CT molecular complexity index is 987. The Kier molecular flexibility index (Phi) is 4.08. The molecule has 3 heterocycles. The van der Waals surface area contributed by atoms with Crippen molar-refractivity contribution >= 4 is 23.2 Å². The molecule has 1 aromatic carbocycles. The van der Waals surface area contributed by atoms with Crippen molar-refractivity contribution in [2.24, 2.45) is 0 Å². The first-order valence-electron chi connectivity index (χ1n) is 8.16. The lowest BCUT2D eigenvalue weighted by Gasteiger charge is -2.31. The van der Waals surface area contributed by atoms with Crippen LogP contribution in [0, 0.1) is 6.92 Å². The van der Waals surface area contributed by atoms with E-state index in [1.807, 2.05) is 25.1 Å². The number of pyridine rings is 1. The number of carbonyl (C=O) groups is 1. The van der Waals surface area contributed by atoms with Gasteiger partial charge in [-0.2, -0.15) is 9.90 Å². The highest BCUT2D eigenvalue weighted by molar-refractivity contribution is 6.30. The van der Waals surface area contributed by atoms with Crippen LogP contribution in [0.3, 0.4) is 0 Å². The van der Waals surface area contributed by atoms with Gasteiger partial charge in [-0.05, 0) is 44.2 Å². The summed E-state index contributed by atoms with van der Waals surface area (Å²) in [6.45, 7) is 4.07. The largest absolute Gasteiger partial charge is 0.471 e. The molecule has 26 heavy (non-hydrogen) atoms. The van der Waals surface area contributed by atoms with E-state index in [2.05, 4.69) is 15.2 Å². The number of halogens is 1. The van der Waals surface area contributed by atoms with Crippen molar-refractivity contribution in [2.45, 2.75) is 20.0 Å². The zero-order valence-electron chi connectivity index (χ0n) is 14.3. The molecule has 1 aliphatic rings. The smallest absolute Gasteiger partial charge is 0.281 e. The van der Waals surface area contributed by atoms with Crippen LogP contribution in [0.4, 0.5) is 5.69 Å². The lowest BCUT2D eigenvalue weighted by molar-refractivity contribution is 0.0953. The maximum absolute atomic E-state index is 13.1. The number of benzene rings is 1. The fourth-order valence-electron chi connectivity index (χ4n) is 2.87. The number of hydrogen-bond acceptors (Lipinski definition) is 5. The Morgan fingerprint density at radius 2 is 2.12 bits per heavy atom. The molecule has 0 bridgehead atoms. The predicted octanol–water partition coefficient (Wildman–Crippen LogP) is 3.05. The van der Waals surface area contributed by atoms with Gasteiger partial charge in [-0.15, -0.1) is 5.10 Å². The second-order valence-corrected chi connectivity index (χ2v) is 6.51. The zero-order valence-corrected chi connectivity index (χ0v) is 15.0. The molecule has 0 radical (unpaired) electrons. The highest BCUT2D eigenvalue weighted by Gasteiger charge is 2.31. The molecular weight excluding hydrogens is 354 g/mol. The quantitative estimate of drug-likeness (QED) is 0.694. The minimum Gasteiger partial charge on any atom is -0.471 e. The summed E-state index contributed by atoms with van der Waals surface area (Å²) in [6.07, 6.45) is 1.48. The van der Waals surface area contributed by atoms with Crippen LogP contribution in [0.1, 0.15) is 23.1 Å². The fraction of sp³-hybridized carbons (Fsp3) is 0.222. The van der Waals surface area contributed by atoms with Crippen LogP contribution in [-0.4, -0.2) is 38.5 Å². The van der Waals surface area contributed by atoms with E-state index in [1.54, 1.807) is 36.2 Å². The first kappa shape index (κ1) is 16.5. The molecule has 0 fully saturated rings. The molecule has 1 amide bonds. The molecule has 0 saturated heterocycles. The molecule has 0 aliphatic carbocycles. The normalized spacial score (nSPS) is 16.1. The van der Waals surface area contributed by atoms with Gasteiger partial charge < -0.3 is 4.74 Å². The number of anilines is 1. The van der Waals surface area contributed by atoms with Crippen LogP contribution in [0.2, 0.25) is 5.02 Å². The van der Waals surface area contributed by atoms with E-state index in [-0.39, 0.29) is 17.7 Å². The van der Waals surface area contributed by atoms with Gasteiger partial charge >= 0.3 is 0 Å². The molecule has 4 rings (SSSR count). The van der Waals surface area contributed by atoms with E-state index in [9.17, 15) is 4.79 Å². The van der Waals surface area contributed by atoms with Crippen molar-refractivity contribution in [1.29, 1.82) is 0 Å². The summed E-state index contributed by atoms with van der Waals surface area (Å²) in [5.74, 6) is 0.208. The Labute approximate surface area is 155 Å². The van der Waals surface area contributed by atoms with Gasteiger partial charge in [-0.3, -0.25) is 9.69 Å². The summed E-state index contributed by atoms with van der Waals surface area (Å²) >= 11 is 6.03. The van der Waals surface area contributed by atoms with E-state index in [0.717, 1.165) is 0 Å². The van der Waals surface area contributed by atoms with Gasteiger partial charge in [-0.1, -0.05) is 17.7 Å². The monoisotopic (exact) mass is 369 g/mol. The molecule has 0 spiro atoms. The molecular formula is C18H16ClN5O2. The predicted molar refractivity (Wildman–Crippen MR) is 97.1 cm³/mol. The standard InChI is InChI=1S/C18H16ClN5O2/c1-11-10-23(15-7-4-8-20-17(15)26-11)18(25)16-12(2)21-24(22-16)14-6-3-5-13(19)9-14/h3-9,11H,10H2,1-2H3. The number of rotatable bonds is 2. The number of hydrogen-bond donors (Lipinski definition) is 0. The van der Waals surface area contributed by atoms with Crippen LogP contribution in [0.15, 0.2) is 42.6 Å². The first-order valence-corrected chi connectivity index (χ1v) is 8.54. The Balaban J connectivity index is 1.72. The molecule has 7 nitrogen and oxygen atoms in total. The van der Waals surface area contributed by atoms with Crippen molar-refractivity contribution < 1.29 is 9.53 Å². The summed E-state index contributed by atoms with van der Waals surface area (Å²) in [6, 6.07) is 10.7. The molecule has 1 aliphatic heterocycles. The molecule has 3 aromatic rings. The van der Waals surface area contributed by atoms with Gasteiger partial charge in [-0.25, -0.2) is 4.98 Å². The van der Waals surface area contributed by atoms with Crippen LogP contribution in [-0.2, 0) is 0 Å².